The van der Waals surface area contributed by atoms with Gasteiger partial charge in [-0.2, -0.15) is 0 Å². The smallest absolute Gasteiger partial charge is 0.341 e. The van der Waals surface area contributed by atoms with Gasteiger partial charge in [0.25, 0.3) is 5.91 Å². The van der Waals surface area contributed by atoms with Gasteiger partial charge in [-0.15, -0.1) is 0 Å². The second-order valence-electron chi connectivity index (χ2n) is 5.65. The number of amides is 1. The van der Waals surface area contributed by atoms with Crippen LogP contribution in [-0.4, -0.2) is 24.5 Å². The van der Waals surface area contributed by atoms with Gasteiger partial charge in [0, 0.05) is 22.9 Å². The number of nitrogen functional groups attached to an aromatic ring is 1. The van der Waals surface area contributed by atoms with Gasteiger partial charge in [-0.1, -0.05) is 29.8 Å². The fourth-order valence-electron chi connectivity index (χ4n) is 2.78. The monoisotopic (exact) mass is 344 g/mol. The quantitative estimate of drug-likeness (QED) is 0.686. The molecule has 0 aromatic heterocycles. The molecule has 0 bridgehead atoms. The lowest BCUT2D eigenvalue weighted by Crippen LogP contribution is -2.39. The zero-order valence-corrected chi connectivity index (χ0v) is 13.9. The predicted molar refractivity (Wildman–Crippen MR) is 93.2 cm³/mol. The van der Waals surface area contributed by atoms with Crippen LogP contribution in [-0.2, 0) is 16.0 Å². The van der Waals surface area contributed by atoms with E-state index in [4.69, 9.17) is 22.1 Å². The highest BCUT2D eigenvalue weighted by atomic mass is 35.5. The van der Waals surface area contributed by atoms with Crippen molar-refractivity contribution in [3.05, 3.63) is 58.6 Å². The van der Waals surface area contributed by atoms with Crippen LogP contribution in [0, 0.1) is 0 Å². The van der Waals surface area contributed by atoms with E-state index >= 15 is 0 Å². The van der Waals surface area contributed by atoms with Crippen molar-refractivity contribution >= 4 is 34.9 Å². The summed E-state index contributed by atoms with van der Waals surface area (Å²) in [6, 6.07) is 12.2. The van der Waals surface area contributed by atoms with Crippen molar-refractivity contribution in [3.8, 4) is 0 Å². The molecule has 0 saturated carbocycles. The Labute approximate surface area is 145 Å². The summed E-state index contributed by atoms with van der Waals surface area (Å²) < 4.78 is 5.29. The first kappa shape index (κ1) is 16.3. The van der Waals surface area contributed by atoms with Crippen molar-refractivity contribution in [3.63, 3.8) is 0 Å². The van der Waals surface area contributed by atoms with Gasteiger partial charge in [-0.25, -0.2) is 4.79 Å². The third kappa shape index (κ3) is 3.08. The molecular formula is C18H17ClN2O3. The molecule has 2 aromatic rings. The van der Waals surface area contributed by atoms with Crippen molar-refractivity contribution in [1.82, 2.24) is 0 Å². The van der Waals surface area contributed by atoms with E-state index in [0.717, 1.165) is 17.7 Å². The largest absolute Gasteiger partial charge is 0.449 e. The van der Waals surface area contributed by atoms with E-state index < -0.39 is 12.1 Å². The summed E-state index contributed by atoms with van der Waals surface area (Å²) in [6.07, 6.45) is -0.106. The molecule has 5 nitrogen and oxygen atoms in total. The second-order valence-corrected chi connectivity index (χ2v) is 6.08. The fraction of sp³-hybridized carbons (Fsp3) is 0.222. The first-order valence-electron chi connectivity index (χ1n) is 7.62. The maximum Gasteiger partial charge on any atom is 0.341 e. The number of hydrogen-bond acceptors (Lipinski definition) is 4. The van der Waals surface area contributed by atoms with Crippen LogP contribution >= 0.6 is 11.6 Å². The number of esters is 1. The summed E-state index contributed by atoms with van der Waals surface area (Å²) in [4.78, 5) is 26.5. The third-order valence-electron chi connectivity index (χ3n) is 4.02. The average Bonchev–Trinajstić information content (AvgIpc) is 2.97. The van der Waals surface area contributed by atoms with Crippen molar-refractivity contribution in [2.24, 2.45) is 0 Å². The molecule has 1 heterocycles. The summed E-state index contributed by atoms with van der Waals surface area (Å²) in [5, 5.41) is 0.432. The van der Waals surface area contributed by atoms with Crippen LogP contribution in [0.5, 0.6) is 0 Å². The van der Waals surface area contributed by atoms with Gasteiger partial charge in [0.15, 0.2) is 6.10 Å². The van der Waals surface area contributed by atoms with E-state index in [0.29, 0.717) is 11.6 Å². The van der Waals surface area contributed by atoms with Crippen LogP contribution in [0.1, 0.15) is 22.8 Å². The Morgan fingerprint density at radius 2 is 2.00 bits per heavy atom. The Bertz CT molecular complexity index is 807. The van der Waals surface area contributed by atoms with E-state index in [2.05, 4.69) is 0 Å². The minimum atomic E-state index is -0.904. The highest BCUT2D eigenvalue weighted by Crippen LogP contribution is 2.28. The highest BCUT2D eigenvalue weighted by molar-refractivity contribution is 6.31. The lowest BCUT2D eigenvalue weighted by Gasteiger charge is -2.22. The number of benzene rings is 2. The van der Waals surface area contributed by atoms with Crippen LogP contribution in [0.25, 0.3) is 0 Å². The van der Waals surface area contributed by atoms with Gasteiger partial charge in [-0.05, 0) is 43.2 Å². The molecule has 6 heteroatoms. The molecular weight excluding hydrogens is 328 g/mol. The standard InChI is InChI=1S/C18H17ClN2O3/c1-11(24-18(23)14-7-6-13(19)10-15(14)20)17(22)21-9-8-12-4-2-3-5-16(12)21/h2-7,10-11H,8-9,20H2,1H3/t11-/m1/s1. The maximum atomic E-state index is 12.6. The molecule has 0 spiro atoms. The lowest BCUT2D eigenvalue weighted by atomic mass is 10.2. The molecule has 24 heavy (non-hydrogen) atoms. The zero-order chi connectivity index (χ0) is 17.3. The number of fused-ring (bicyclic) bond motifs is 1. The summed E-state index contributed by atoms with van der Waals surface area (Å²) in [5.74, 6) is -0.890. The lowest BCUT2D eigenvalue weighted by molar-refractivity contribution is -0.126. The molecule has 124 valence electrons. The number of para-hydroxylation sites is 1. The first-order chi connectivity index (χ1) is 11.5. The van der Waals surface area contributed by atoms with Crippen LogP contribution in [0.4, 0.5) is 11.4 Å². The number of ether oxygens (including phenoxy) is 1. The van der Waals surface area contributed by atoms with E-state index in [1.54, 1.807) is 17.9 Å². The molecule has 0 saturated heterocycles. The number of anilines is 2. The molecule has 1 aliphatic rings. The number of nitrogens with zero attached hydrogens (tertiary/aromatic N) is 1. The van der Waals surface area contributed by atoms with Gasteiger partial charge in [0.2, 0.25) is 0 Å². The summed E-state index contributed by atoms with van der Waals surface area (Å²) in [6.45, 7) is 2.15. The van der Waals surface area contributed by atoms with E-state index in [-0.39, 0.29) is 17.2 Å². The van der Waals surface area contributed by atoms with E-state index in [1.165, 1.54) is 12.1 Å². The minimum absolute atomic E-state index is 0.195. The number of halogens is 1. The van der Waals surface area contributed by atoms with Gasteiger partial charge in [0.05, 0.1) is 5.56 Å². The molecule has 3 rings (SSSR count). The Morgan fingerprint density at radius 1 is 1.25 bits per heavy atom. The Hall–Kier alpha value is -2.53. The zero-order valence-electron chi connectivity index (χ0n) is 13.2. The summed E-state index contributed by atoms with van der Waals surface area (Å²) >= 11 is 5.82. The molecule has 0 radical (unpaired) electrons. The minimum Gasteiger partial charge on any atom is -0.449 e. The molecule has 0 fully saturated rings. The van der Waals surface area contributed by atoms with Crippen LogP contribution in [0.3, 0.4) is 0 Å². The number of rotatable bonds is 3. The normalized spacial score (nSPS) is 14.2. The van der Waals surface area contributed by atoms with Crippen LogP contribution in [0.15, 0.2) is 42.5 Å². The number of carbonyl (C=O) groups is 2. The molecule has 2 aromatic carbocycles. The number of hydrogen-bond donors (Lipinski definition) is 1. The molecule has 2 N–H and O–H groups in total. The molecule has 1 amide bonds. The molecule has 1 atom stereocenters. The number of carbonyl (C=O) groups excluding carboxylic acids is 2. The van der Waals surface area contributed by atoms with Crippen molar-refractivity contribution < 1.29 is 14.3 Å². The van der Waals surface area contributed by atoms with Crippen LogP contribution in [0.2, 0.25) is 5.02 Å². The van der Waals surface area contributed by atoms with E-state index in [9.17, 15) is 9.59 Å². The summed E-state index contributed by atoms with van der Waals surface area (Å²) in [7, 11) is 0. The van der Waals surface area contributed by atoms with Gasteiger partial charge in [0.1, 0.15) is 0 Å². The van der Waals surface area contributed by atoms with Crippen LogP contribution < -0.4 is 10.6 Å². The number of nitrogens with two attached hydrogens (primary N) is 1. The van der Waals surface area contributed by atoms with Crippen molar-refractivity contribution in [2.75, 3.05) is 17.2 Å². The van der Waals surface area contributed by atoms with Crippen molar-refractivity contribution in [1.29, 1.82) is 0 Å². The SMILES string of the molecule is C[C@@H](OC(=O)c1ccc(Cl)cc1N)C(=O)N1CCc2ccccc21. The van der Waals surface area contributed by atoms with Crippen molar-refractivity contribution in [2.45, 2.75) is 19.4 Å². The maximum absolute atomic E-state index is 12.6. The average molecular weight is 345 g/mol. The topological polar surface area (TPSA) is 72.6 Å². The fourth-order valence-corrected chi connectivity index (χ4v) is 2.96. The Balaban J connectivity index is 1.72. The van der Waals surface area contributed by atoms with Gasteiger partial charge in [-0.3, -0.25) is 4.79 Å². The second kappa shape index (κ2) is 6.53. The Kier molecular flexibility index (Phi) is 4.44. The molecule has 0 aliphatic carbocycles. The summed E-state index contributed by atoms with van der Waals surface area (Å²) in [5.41, 5.74) is 8.18. The predicted octanol–water partition coefficient (Wildman–Crippen LogP) is 3.06. The molecule has 0 unspecified atom stereocenters. The highest BCUT2D eigenvalue weighted by Gasteiger charge is 2.30. The molecule has 1 aliphatic heterocycles. The van der Waals surface area contributed by atoms with Gasteiger partial charge < -0.3 is 15.4 Å². The Morgan fingerprint density at radius 3 is 2.75 bits per heavy atom. The first-order valence-corrected chi connectivity index (χ1v) is 8.00. The van der Waals surface area contributed by atoms with Gasteiger partial charge >= 0.3 is 5.97 Å². The van der Waals surface area contributed by atoms with E-state index in [1.807, 2.05) is 24.3 Å². The third-order valence-corrected chi connectivity index (χ3v) is 4.25.